The minimum atomic E-state index is 0.278. The Morgan fingerprint density at radius 2 is 1.88 bits per heavy atom. The summed E-state index contributed by atoms with van der Waals surface area (Å²) in [5.41, 5.74) is 3.26. The Hall–Kier alpha value is -2.34. The number of nitrogens with zero attached hydrogens (tertiary/aromatic N) is 5. The molecule has 0 spiro atoms. The van der Waals surface area contributed by atoms with Gasteiger partial charge in [0.25, 0.3) is 0 Å². The Labute approximate surface area is 154 Å². The van der Waals surface area contributed by atoms with Gasteiger partial charge in [-0.2, -0.15) is 0 Å². The minimum absolute atomic E-state index is 0.278. The Morgan fingerprint density at radius 1 is 1.08 bits per heavy atom. The third kappa shape index (κ3) is 3.75. The van der Waals surface area contributed by atoms with Crippen molar-refractivity contribution >= 4 is 5.91 Å². The standard InChI is InChI=1S/C20H25N5O/c26-19(25-10-1-2-11-25)14-24-9-3-4-17(13-24)20-18(12-22-15-23-20)16-5-7-21-8-6-16/h5-8,12,15,17H,1-4,9-11,13-14H2/t17-/m1/s1. The molecule has 0 unspecified atom stereocenters. The number of hydrogen-bond donors (Lipinski definition) is 0. The van der Waals surface area contributed by atoms with Gasteiger partial charge >= 0.3 is 0 Å². The highest BCUT2D eigenvalue weighted by Gasteiger charge is 2.27. The second-order valence-corrected chi connectivity index (χ2v) is 7.22. The van der Waals surface area contributed by atoms with Gasteiger partial charge in [-0.1, -0.05) is 0 Å². The molecule has 0 aromatic carbocycles. The van der Waals surface area contributed by atoms with Crippen molar-refractivity contribution < 1.29 is 4.79 Å². The molecule has 6 nitrogen and oxygen atoms in total. The topological polar surface area (TPSA) is 62.2 Å². The minimum Gasteiger partial charge on any atom is -0.342 e. The predicted octanol–water partition coefficient (Wildman–Crippen LogP) is 2.34. The van der Waals surface area contributed by atoms with Crippen LogP contribution in [0.2, 0.25) is 0 Å². The van der Waals surface area contributed by atoms with E-state index in [1.54, 1.807) is 18.7 Å². The number of aromatic nitrogens is 3. The normalized spacial score (nSPS) is 21.1. The molecule has 0 N–H and O–H groups in total. The third-order valence-corrected chi connectivity index (χ3v) is 5.44. The van der Waals surface area contributed by atoms with Crippen LogP contribution in [-0.2, 0) is 4.79 Å². The number of piperidine rings is 1. The van der Waals surface area contributed by atoms with Crippen LogP contribution in [-0.4, -0.2) is 63.4 Å². The van der Waals surface area contributed by atoms with Crippen LogP contribution in [0.3, 0.4) is 0 Å². The molecule has 0 radical (unpaired) electrons. The number of hydrogen-bond acceptors (Lipinski definition) is 5. The van der Waals surface area contributed by atoms with Crippen LogP contribution in [0.15, 0.2) is 37.1 Å². The molecular weight excluding hydrogens is 326 g/mol. The fourth-order valence-electron chi connectivity index (χ4n) is 4.10. The number of carbonyl (C=O) groups is 1. The number of carbonyl (C=O) groups excluding carboxylic acids is 1. The average Bonchev–Trinajstić information content (AvgIpc) is 3.24. The molecular formula is C20H25N5O. The fraction of sp³-hybridized carbons (Fsp3) is 0.500. The molecule has 4 rings (SSSR count). The van der Waals surface area contributed by atoms with E-state index in [2.05, 4.69) is 19.9 Å². The quantitative estimate of drug-likeness (QED) is 0.846. The molecule has 0 saturated carbocycles. The van der Waals surface area contributed by atoms with Crippen molar-refractivity contribution in [2.45, 2.75) is 31.6 Å². The third-order valence-electron chi connectivity index (χ3n) is 5.44. The molecule has 1 atom stereocenters. The number of likely N-dealkylation sites (tertiary alicyclic amines) is 2. The second kappa shape index (κ2) is 7.91. The summed E-state index contributed by atoms with van der Waals surface area (Å²) in [6, 6.07) is 4.00. The van der Waals surface area contributed by atoms with E-state index in [9.17, 15) is 4.79 Å². The molecule has 6 heteroatoms. The number of amides is 1. The van der Waals surface area contributed by atoms with E-state index in [4.69, 9.17) is 0 Å². The van der Waals surface area contributed by atoms with Crippen LogP contribution < -0.4 is 0 Å². The summed E-state index contributed by atoms with van der Waals surface area (Å²) in [4.78, 5) is 29.8. The van der Waals surface area contributed by atoms with Gasteiger partial charge in [0, 0.05) is 49.7 Å². The Balaban J connectivity index is 1.49. The summed E-state index contributed by atoms with van der Waals surface area (Å²) in [6.45, 7) is 4.26. The van der Waals surface area contributed by atoms with Crippen molar-refractivity contribution in [3.05, 3.63) is 42.7 Å². The molecule has 0 bridgehead atoms. The van der Waals surface area contributed by atoms with Gasteiger partial charge < -0.3 is 4.90 Å². The average molecular weight is 351 g/mol. The van der Waals surface area contributed by atoms with Gasteiger partial charge in [0.1, 0.15) is 6.33 Å². The van der Waals surface area contributed by atoms with Gasteiger partial charge in [-0.05, 0) is 49.9 Å². The van der Waals surface area contributed by atoms with Crippen LogP contribution >= 0.6 is 0 Å². The molecule has 2 aromatic rings. The molecule has 136 valence electrons. The lowest BCUT2D eigenvalue weighted by atomic mass is 9.90. The molecule has 2 aliphatic heterocycles. The Bertz CT molecular complexity index is 745. The molecule has 0 aliphatic carbocycles. The summed E-state index contributed by atoms with van der Waals surface area (Å²) in [7, 11) is 0. The Kier molecular flexibility index (Phi) is 5.20. The second-order valence-electron chi connectivity index (χ2n) is 7.22. The van der Waals surface area contributed by atoms with Gasteiger partial charge in [0.05, 0.1) is 12.2 Å². The van der Waals surface area contributed by atoms with Crippen LogP contribution in [0.4, 0.5) is 0 Å². The summed E-state index contributed by atoms with van der Waals surface area (Å²) in [6.07, 6.45) is 11.6. The summed E-state index contributed by atoms with van der Waals surface area (Å²) >= 11 is 0. The zero-order chi connectivity index (χ0) is 17.8. The molecule has 2 aromatic heterocycles. The largest absolute Gasteiger partial charge is 0.342 e. The first kappa shape index (κ1) is 17.1. The molecule has 2 saturated heterocycles. The van der Waals surface area contributed by atoms with Crippen molar-refractivity contribution in [1.29, 1.82) is 0 Å². The first-order chi connectivity index (χ1) is 12.8. The van der Waals surface area contributed by atoms with Crippen molar-refractivity contribution in [3.8, 4) is 11.1 Å². The van der Waals surface area contributed by atoms with E-state index in [-0.39, 0.29) is 5.91 Å². The van der Waals surface area contributed by atoms with Crippen LogP contribution in [0.1, 0.15) is 37.3 Å². The Morgan fingerprint density at radius 3 is 2.69 bits per heavy atom. The number of rotatable bonds is 4. The fourth-order valence-corrected chi connectivity index (χ4v) is 4.10. The lowest BCUT2D eigenvalue weighted by Crippen LogP contribution is -2.43. The summed E-state index contributed by atoms with van der Waals surface area (Å²) in [5.74, 6) is 0.612. The predicted molar refractivity (Wildman–Crippen MR) is 99.5 cm³/mol. The van der Waals surface area contributed by atoms with Crippen molar-refractivity contribution in [1.82, 2.24) is 24.8 Å². The van der Waals surface area contributed by atoms with Crippen molar-refractivity contribution in [3.63, 3.8) is 0 Å². The molecule has 26 heavy (non-hydrogen) atoms. The monoisotopic (exact) mass is 351 g/mol. The van der Waals surface area contributed by atoms with Gasteiger partial charge in [-0.25, -0.2) is 9.97 Å². The van der Waals surface area contributed by atoms with E-state index in [1.807, 2.05) is 23.2 Å². The van der Waals surface area contributed by atoms with Gasteiger partial charge in [-0.15, -0.1) is 0 Å². The maximum absolute atomic E-state index is 12.5. The smallest absolute Gasteiger partial charge is 0.236 e. The zero-order valence-corrected chi connectivity index (χ0v) is 15.0. The highest BCUT2D eigenvalue weighted by Crippen LogP contribution is 2.32. The van der Waals surface area contributed by atoms with Gasteiger partial charge in [0.2, 0.25) is 5.91 Å². The molecule has 2 fully saturated rings. The van der Waals surface area contributed by atoms with Crippen LogP contribution in [0.25, 0.3) is 11.1 Å². The van der Waals surface area contributed by atoms with Crippen molar-refractivity contribution in [2.75, 3.05) is 32.7 Å². The van der Waals surface area contributed by atoms with E-state index in [0.717, 1.165) is 68.7 Å². The van der Waals surface area contributed by atoms with Gasteiger partial charge in [-0.3, -0.25) is 14.7 Å². The lowest BCUT2D eigenvalue weighted by Gasteiger charge is -2.33. The van der Waals surface area contributed by atoms with Gasteiger partial charge in [0.15, 0.2) is 0 Å². The SMILES string of the molecule is O=C(CN1CCC[C@@H](c2ncncc2-c2ccncc2)C1)N1CCCC1. The summed E-state index contributed by atoms with van der Waals surface area (Å²) in [5, 5.41) is 0. The highest BCUT2D eigenvalue weighted by molar-refractivity contribution is 5.78. The maximum atomic E-state index is 12.5. The first-order valence-corrected chi connectivity index (χ1v) is 9.51. The molecule has 4 heterocycles. The highest BCUT2D eigenvalue weighted by atomic mass is 16.2. The molecule has 1 amide bonds. The van der Waals surface area contributed by atoms with E-state index < -0.39 is 0 Å². The van der Waals surface area contributed by atoms with Crippen LogP contribution in [0.5, 0.6) is 0 Å². The zero-order valence-electron chi connectivity index (χ0n) is 15.0. The number of pyridine rings is 1. The van der Waals surface area contributed by atoms with Crippen molar-refractivity contribution in [2.24, 2.45) is 0 Å². The van der Waals surface area contributed by atoms with E-state index in [0.29, 0.717) is 12.5 Å². The maximum Gasteiger partial charge on any atom is 0.236 e. The van der Waals surface area contributed by atoms with Crippen LogP contribution in [0, 0.1) is 0 Å². The van der Waals surface area contributed by atoms with E-state index >= 15 is 0 Å². The molecule has 2 aliphatic rings. The summed E-state index contributed by atoms with van der Waals surface area (Å²) < 4.78 is 0. The lowest BCUT2D eigenvalue weighted by molar-refractivity contribution is -0.131. The van der Waals surface area contributed by atoms with E-state index in [1.165, 1.54) is 0 Å². The first-order valence-electron chi connectivity index (χ1n) is 9.51.